The lowest BCUT2D eigenvalue weighted by atomic mass is 10.0. The molecule has 1 aromatic heterocycles. The fraction of sp³-hybridized carbons (Fsp3) is 0.333. The highest BCUT2D eigenvalue weighted by Gasteiger charge is 2.21. The fourth-order valence-corrected chi connectivity index (χ4v) is 2.77. The summed E-state index contributed by atoms with van der Waals surface area (Å²) < 4.78 is 5.40. The van der Waals surface area contributed by atoms with E-state index >= 15 is 0 Å². The Morgan fingerprint density at radius 3 is 2.95 bits per heavy atom. The molecule has 5 nitrogen and oxygen atoms in total. The Morgan fingerprint density at radius 2 is 2.20 bits per heavy atom. The van der Waals surface area contributed by atoms with Crippen molar-refractivity contribution in [3.05, 3.63) is 34.2 Å². The molecule has 0 unspecified atom stereocenters. The number of nitrogens with one attached hydrogen (secondary N) is 1. The van der Waals surface area contributed by atoms with Gasteiger partial charge in [-0.15, -0.1) is 0 Å². The molecule has 5 heteroatoms. The number of benzene rings is 1. The Balaban J connectivity index is 2.23. The first kappa shape index (κ1) is 12.7. The van der Waals surface area contributed by atoms with Crippen molar-refractivity contribution in [3.8, 4) is 0 Å². The Bertz CT molecular complexity index is 749. The molecule has 0 radical (unpaired) electrons. The summed E-state index contributed by atoms with van der Waals surface area (Å²) in [7, 11) is 1.98. The lowest BCUT2D eigenvalue weighted by Crippen LogP contribution is -2.28. The average molecular weight is 272 g/mol. The van der Waals surface area contributed by atoms with Gasteiger partial charge in [0, 0.05) is 37.7 Å². The van der Waals surface area contributed by atoms with Gasteiger partial charge in [-0.1, -0.05) is 0 Å². The van der Waals surface area contributed by atoms with E-state index in [-0.39, 0.29) is 11.5 Å². The lowest BCUT2D eigenvalue weighted by molar-refractivity contribution is -0.114. The summed E-state index contributed by atoms with van der Waals surface area (Å²) in [5.41, 5.74) is 2.56. The number of fused-ring (bicyclic) bond motifs is 3. The van der Waals surface area contributed by atoms with E-state index in [4.69, 9.17) is 4.42 Å². The molecule has 20 heavy (non-hydrogen) atoms. The molecule has 0 atom stereocenters. The molecule has 1 aromatic carbocycles. The molecule has 0 saturated carbocycles. The third kappa shape index (κ3) is 2.05. The second-order valence-corrected chi connectivity index (χ2v) is 5.13. The molecule has 104 valence electrons. The molecule has 3 rings (SSSR count). The normalized spacial score (nSPS) is 14.2. The number of hydrogen-bond donors (Lipinski definition) is 1. The lowest BCUT2D eigenvalue weighted by Gasteiger charge is -2.27. The zero-order chi connectivity index (χ0) is 14.3. The minimum atomic E-state index is -0.279. The summed E-state index contributed by atoms with van der Waals surface area (Å²) in [6.45, 7) is 2.38. The summed E-state index contributed by atoms with van der Waals surface area (Å²) in [4.78, 5) is 25.3. The predicted octanol–water partition coefficient (Wildman–Crippen LogP) is 2.13. The SMILES string of the molecule is CC(=O)Nc1ccc2c3c(c(=O)oc2c1)CCCN3C. The van der Waals surface area contributed by atoms with Crippen LogP contribution in [0.3, 0.4) is 0 Å². The van der Waals surface area contributed by atoms with Crippen molar-refractivity contribution in [2.45, 2.75) is 19.8 Å². The van der Waals surface area contributed by atoms with Crippen LogP contribution in [0.2, 0.25) is 0 Å². The predicted molar refractivity (Wildman–Crippen MR) is 78.4 cm³/mol. The van der Waals surface area contributed by atoms with E-state index in [9.17, 15) is 9.59 Å². The van der Waals surface area contributed by atoms with Crippen molar-refractivity contribution in [3.63, 3.8) is 0 Å². The first-order chi connectivity index (χ1) is 9.56. The molecular formula is C15H16N2O3. The van der Waals surface area contributed by atoms with E-state index < -0.39 is 0 Å². The zero-order valence-electron chi connectivity index (χ0n) is 11.5. The van der Waals surface area contributed by atoms with Gasteiger partial charge in [-0.3, -0.25) is 4.79 Å². The van der Waals surface area contributed by atoms with Crippen LogP contribution in [-0.4, -0.2) is 19.5 Å². The summed E-state index contributed by atoms with van der Waals surface area (Å²) >= 11 is 0. The van der Waals surface area contributed by atoms with Crippen molar-refractivity contribution in [1.82, 2.24) is 0 Å². The highest BCUT2D eigenvalue weighted by molar-refractivity contribution is 5.96. The van der Waals surface area contributed by atoms with Crippen LogP contribution in [0.1, 0.15) is 18.9 Å². The van der Waals surface area contributed by atoms with Gasteiger partial charge >= 0.3 is 5.63 Å². The van der Waals surface area contributed by atoms with E-state index in [0.29, 0.717) is 11.3 Å². The van der Waals surface area contributed by atoms with Crippen LogP contribution >= 0.6 is 0 Å². The first-order valence-electron chi connectivity index (χ1n) is 6.65. The maximum absolute atomic E-state index is 12.1. The second-order valence-electron chi connectivity index (χ2n) is 5.13. The van der Waals surface area contributed by atoms with Crippen molar-refractivity contribution in [2.24, 2.45) is 0 Å². The smallest absolute Gasteiger partial charge is 0.341 e. The Hall–Kier alpha value is -2.30. The number of rotatable bonds is 1. The number of nitrogens with zero attached hydrogens (tertiary/aromatic N) is 1. The van der Waals surface area contributed by atoms with Crippen molar-refractivity contribution >= 4 is 28.3 Å². The van der Waals surface area contributed by atoms with Crippen LogP contribution in [0.5, 0.6) is 0 Å². The van der Waals surface area contributed by atoms with Gasteiger partial charge in [-0.25, -0.2) is 4.79 Å². The Kier molecular flexibility index (Phi) is 2.97. The van der Waals surface area contributed by atoms with E-state index in [2.05, 4.69) is 10.2 Å². The number of anilines is 2. The summed E-state index contributed by atoms with van der Waals surface area (Å²) in [6, 6.07) is 5.41. The van der Waals surface area contributed by atoms with Gasteiger partial charge in [-0.05, 0) is 25.0 Å². The van der Waals surface area contributed by atoms with E-state index in [1.54, 1.807) is 6.07 Å². The summed E-state index contributed by atoms with van der Waals surface area (Å²) in [5, 5.41) is 3.61. The summed E-state index contributed by atoms with van der Waals surface area (Å²) in [5.74, 6) is -0.151. The standard InChI is InChI=1S/C15H16N2O3/c1-9(18)16-10-5-6-11-13(8-10)20-15(19)12-4-3-7-17(2)14(11)12/h5-6,8H,3-4,7H2,1-2H3,(H,16,18). The van der Waals surface area contributed by atoms with Crippen molar-refractivity contribution < 1.29 is 9.21 Å². The number of carbonyl (C=O) groups excluding carboxylic acids is 1. The molecule has 1 aliphatic heterocycles. The molecule has 0 spiro atoms. The maximum Gasteiger partial charge on any atom is 0.341 e. The van der Waals surface area contributed by atoms with Gasteiger partial charge < -0.3 is 14.6 Å². The average Bonchev–Trinajstić information content (AvgIpc) is 2.38. The number of hydrogen-bond acceptors (Lipinski definition) is 4. The molecular weight excluding hydrogens is 256 g/mol. The molecule has 1 aliphatic rings. The van der Waals surface area contributed by atoms with Crippen LogP contribution in [-0.2, 0) is 11.2 Å². The van der Waals surface area contributed by atoms with Crippen molar-refractivity contribution in [1.29, 1.82) is 0 Å². The van der Waals surface area contributed by atoms with E-state index in [1.807, 2.05) is 19.2 Å². The van der Waals surface area contributed by atoms with Gasteiger partial charge in [0.25, 0.3) is 0 Å². The van der Waals surface area contributed by atoms with Gasteiger partial charge in [0.15, 0.2) is 0 Å². The van der Waals surface area contributed by atoms with Gasteiger partial charge in [-0.2, -0.15) is 0 Å². The maximum atomic E-state index is 12.1. The quantitative estimate of drug-likeness (QED) is 0.808. The molecule has 0 aliphatic carbocycles. The molecule has 1 N–H and O–H groups in total. The monoisotopic (exact) mass is 272 g/mol. The van der Waals surface area contributed by atoms with E-state index in [0.717, 1.165) is 36.0 Å². The van der Waals surface area contributed by atoms with Crippen LogP contribution in [0.15, 0.2) is 27.4 Å². The Labute approximate surface area is 116 Å². The highest BCUT2D eigenvalue weighted by Crippen LogP contribution is 2.32. The largest absolute Gasteiger partial charge is 0.422 e. The van der Waals surface area contributed by atoms with Crippen LogP contribution in [0.4, 0.5) is 11.4 Å². The molecule has 2 heterocycles. The van der Waals surface area contributed by atoms with Crippen molar-refractivity contribution in [2.75, 3.05) is 23.8 Å². The molecule has 0 saturated heterocycles. The molecule has 2 aromatic rings. The van der Waals surface area contributed by atoms with Crippen LogP contribution in [0, 0.1) is 0 Å². The van der Waals surface area contributed by atoms with Gasteiger partial charge in [0.1, 0.15) is 5.58 Å². The van der Waals surface area contributed by atoms with Gasteiger partial charge in [0.2, 0.25) is 5.91 Å². The van der Waals surface area contributed by atoms with Crippen LogP contribution < -0.4 is 15.8 Å². The van der Waals surface area contributed by atoms with Gasteiger partial charge in [0.05, 0.1) is 11.3 Å². The number of amides is 1. The third-order valence-corrected chi connectivity index (χ3v) is 3.59. The summed E-state index contributed by atoms with van der Waals surface area (Å²) in [6.07, 6.45) is 1.72. The van der Waals surface area contributed by atoms with Crippen LogP contribution in [0.25, 0.3) is 11.0 Å². The molecule has 0 fully saturated rings. The minimum absolute atomic E-state index is 0.151. The van der Waals surface area contributed by atoms with E-state index in [1.165, 1.54) is 6.92 Å². The zero-order valence-corrected chi connectivity index (χ0v) is 11.5. The molecule has 0 bridgehead atoms. The first-order valence-corrected chi connectivity index (χ1v) is 6.65. The minimum Gasteiger partial charge on any atom is -0.422 e. The molecule has 1 amide bonds. The highest BCUT2D eigenvalue weighted by atomic mass is 16.4. The third-order valence-electron chi connectivity index (χ3n) is 3.59. The fourth-order valence-electron chi connectivity index (χ4n) is 2.77. The second kappa shape index (κ2) is 4.67. The topological polar surface area (TPSA) is 62.6 Å². The number of carbonyl (C=O) groups is 1. The Morgan fingerprint density at radius 1 is 1.40 bits per heavy atom.